The minimum atomic E-state index is -4.92. The monoisotopic (exact) mass is 380 g/mol. The van der Waals surface area contributed by atoms with E-state index in [0.29, 0.717) is 19.2 Å². The van der Waals surface area contributed by atoms with Gasteiger partial charge in [0.1, 0.15) is 5.82 Å². The van der Waals surface area contributed by atoms with Crippen molar-refractivity contribution in [2.24, 2.45) is 0 Å². The van der Waals surface area contributed by atoms with Gasteiger partial charge >= 0.3 is 12.4 Å². The van der Waals surface area contributed by atoms with Crippen molar-refractivity contribution in [1.82, 2.24) is 10.2 Å². The van der Waals surface area contributed by atoms with Crippen LogP contribution in [0.2, 0.25) is 0 Å². The van der Waals surface area contributed by atoms with E-state index in [2.05, 4.69) is 5.32 Å². The van der Waals surface area contributed by atoms with Crippen molar-refractivity contribution in [2.75, 3.05) is 26.2 Å². The van der Waals surface area contributed by atoms with Gasteiger partial charge in [0.15, 0.2) is 0 Å². The Morgan fingerprint density at radius 3 is 2.12 bits per heavy atom. The average molecular weight is 381 g/mol. The molecule has 0 spiro atoms. The molecule has 2 rings (SSSR count). The second-order valence-corrected chi connectivity index (χ2v) is 5.32. The van der Waals surface area contributed by atoms with Crippen LogP contribution in [0.5, 0.6) is 0 Å². The lowest BCUT2D eigenvalue weighted by molar-refractivity contribution is -0.153. The molecule has 0 saturated carbocycles. The van der Waals surface area contributed by atoms with Crippen LogP contribution in [0, 0.1) is 5.82 Å². The molecular weight excluding hydrogens is 365 g/mol. The van der Waals surface area contributed by atoms with Gasteiger partial charge in [0.2, 0.25) is 0 Å². The fourth-order valence-electron chi connectivity index (χ4n) is 2.75. The number of halogens is 8. The first kappa shape index (κ1) is 21.0. The van der Waals surface area contributed by atoms with Crippen LogP contribution in [0.25, 0.3) is 0 Å². The molecule has 1 aromatic rings. The molecule has 138 valence electrons. The van der Waals surface area contributed by atoms with Crippen LogP contribution in [-0.2, 0) is 6.18 Å². The van der Waals surface area contributed by atoms with E-state index in [9.17, 15) is 30.7 Å². The molecule has 1 aliphatic heterocycles. The van der Waals surface area contributed by atoms with Crippen molar-refractivity contribution in [3.05, 3.63) is 35.1 Å². The quantitative estimate of drug-likeness (QED) is 0.792. The molecule has 1 fully saturated rings. The maximum atomic E-state index is 14.1. The number of benzene rings is 1. The van der Waals surface area contributed by atoms with Crippen molar-refractivity contribution in [1.29, 1.82) is 0 Å². The number of rotatable bonds is 3. The van der Waals surface area contributed by atoms with Crippen molar-refractivity contribution in [3.8, 4) is 0 Å². The van der Waals surface area contributed by atoms with E-state index >= 15 is 0 Å². The van der Waals surface area contributed by atoms with Gasteiger partial charge in [0, 0.05) is 37.8 Å². The highest BCUT2D eigenvalue weighted by Crippen LogP contribution is 2.41. The summed E-state index contributed by atoms with van der Waals surface area (Å²) < 4.78 is 92.0. The Morgan fingerprint density at radius 1 is 1.04 bits per heavy atom. The normalized spacial score (nSPS) is 18.1. The minimum Gasteiger partial charge on any atom is -0.314 e. The van der Waals surface area contributed by atoms with E-state index in [1.165, 1.54) is 4.90 Å². The fraction of sp³-hybridized carbons (Fsp3) is 0.571. The Kier molecular flexibility index (Phi) is 6.89. The van der Waals surface area contributed by atoms with Crippen molar-refractivity contribution >= 4 is 12.4 Å². The average Bonchev–Trinajstić information content (AvgIpc) is 2.44. The predicted molar refractivity (Wildman–Crippen MR) is 76.5 cm³/mol. The maximum Gasteiger partial charge on any atom is 0.416 e. The molecule has 24 heavy (non-hydrogen) atoms. The van der Waals surface area contributed by atoms with E-state index in [4.69, 9.17) is 0 Å². The van der Waals surface area contributed by atoms with E-state index in [-0.39, 0.29) is 25.5 Å². The van der Waals surface area contributed by atoms with Gasteiger partial charge in [-0.2, -0.15) is 26.3 Å². The zero-order chi connectivity index (χ0) is 17.3. The standard InChI is InChI=1S/C14H15F7N2.ClH/c15-10-3-1-2-9(14(19,20)21)12(10)11(8-13(16,17)18)23-6-4-22-5-7-23;/h1-3,11,22H,4-8H2;1H/t11-;/m1./s1. The fourth-order valence-corrected chi connectivity index (χ4v) is 2.75. The summed E-state index contributed by atoms with van der Waals surface area (Å²) in [6, 6.07) is 0.527. The molecule has 0 aromatic heterocycles. The third kappa shape index (κ3) is 5.22. The number of nitrogens with one attached hydrogen (secondary N) is 1. The van der Waals surface area contributed by atoms with Crippen LogP contribution in [0.3, 0.4) is 0 Å². The highest BCUT2D eigenvalue weighted by Gasteiger charge is 2.42. The molecule has 1 N–H and O–H groups in total. The molecule has 10 heteroatoms. The number of alkyl halides is 6. The number of piperazine rings is 1. The van der Waals surface area contributed by atoms with Crippen molar-refractivity contribution in [2.45, 2.75) is 24.8 Å². The first-order chi connectivity index (χ1) is 10.6. The summed E-state index contributed by atoms with van der Waals surface area (Å²) in [5.41, 5.74) is -2.29. The zero-order valence-corrected chi connectivity index (χ0v) is 13.2. The van der Waals surface area contributed by atoms with Crippen LogP contribution in [0.15, 0.2) is 18.2 Å². The smallest absolute Gasteiger partial charge is 0.314 e. The Hall–Kier alpha value is -1.06. The predicted octanol–water partition coefficient (Wildman–Crippen LogP) is 4.17. The lowest BCUT2D eigenvalue weighted by Gasteiger charge is -2.36. The van der Waals surface area contributed by atoms with Crippen LogP contribution in [-0.4, -0.2) is 37.3 Å². The third-order valence-corrected chi connectivity index (χ3v) is 3.71. The minimum absolute atomic E-state index is 0. The first-order valence-electron chi connectivity index (χ1n) is 6.97. The second kappa shape index (κ2) is 7.88. The van der Waals surface area contributed by atoms with E-state index in [0.717, 1.165) is 12.1 Å². The lowest BCUT2D eigenvalue weighted by atomic mass is 9.94. The molecule has 0 amide bonds. The van der Waals surface area contributed by atoms with Crippen LogP contribution < -0.4 is 5.32 Å². The van der Waals surface area contributed by atoms with Gasteiger partial charge in [0.25, 0.3) is 0 Å². The first-order valence-corrected chi connectivity index (χ1v) is 6.97. The van der Waals surface area contributed by atoms with Gasteiger partial charge in [-0.1, -0.05) is 6.07 Å². The van der Waals surface area contributed by atoms with E-state index in [1.54, 1.807) is 0 Å². The molecule has 0 bridgehead atoms. The largest absolute Gasteiger partial charge is 0.416 e. The van der Waals surface area contributed by atoms with Gasteiger partial charge in [-0.3, -0.25) is 4.90 Å². The van der Waals surface area contributed by atoms with Crippen LogP contribution in [0.1, 0.15) is 23.6 Å². The maximum absolute atomic E-state index is 14.1. The Balaban J connectivity index is 0.00000288. The highest BCUT2D eigenvalue weighted by atomic mass is 35.5. The molecule has 0 radical (unpaired) electrons. The van der Waals surface area contributed by atoms with Gasteiger partial charge in [-0.15, -0.1) is 12.4 Å². The van der Waals surface area contributed by atoms with E-state index in [1.807, 2.05) is 0 Å². The molecule has 1 heterocycles. The molecule has 1 saturated heterocycles. The summed E-state index contributed by atoms with van der Waals surface area (Å²) in [5, 5.41) is 2.90. The Labute approximate surface area is 140 Å². The van der Waals surface area contributed by atoms with Gasteiger partial charge in [-0.25, -0.2) is 4.39 Å². The van der Waals surface area contributed by atoms with Gasteiger partial charge in [0.05, 0.1) is 12.0 Å². The number of hydrogen-bond acceptors (Lipinski definition) is 2. The van der Waals surface area contributed by atoms with Crippen molar-refractivity contribution < 1.29 is 30.7 Å². The zero-order valence-electron chi connectivity index (χ0n) is 12.3. The van der Waals surface area contributed by atoms with Gasteiger partial charge < -0.3 is 5.32 Å². The highest BCUT2D eigenvalue weighted by molar-refractivity contribution is 5.85. The molecule has 1 atom stereocenters. The second-order valence-electron chi connectivity index (χ2n) is 5.32. The Morgan fingerprint density at radius 2 is 1.62 bits per heavy atom. The number of hydrogen-bond donors (Lipinski definition) is 1. The summed E-state index contributed by atoms with van der Waals surface area (Å²) in [7, 11) is 0. The molecular formula is C14H16ClF7N2. The molecule has 1 aromatic carbocycles. The summed E-state index contributed by atoms with van der Waals surface area (Å²) in [6.45, 7) is 0.910. The SMILES string of the molecule is Cl.Fc1cccc(C(F)(F)F)c1[C@@H](CC(F)(F)F)N1CCNCC1. The topological polar surface area (TPSA) is 15.3 Å². The molecule has 2 nitrogen and oxygen atoms in total. The lowest BCUT2D eigenvalue weighted by Crippen LogP contribution is -2.46. The Bertz CT molecular complexity index is 539. The summed E-state index contributed by atoms with van der Waals surface area (Å²) in [4.78, 5) is 1.25. The summed E-state index contributed by atoms with van der Waals surface area (Å²) in [6.07, 6.45) is -11.2. The van der Waals surface area contributed by atoms with Gasteiger partial charge in [-0.05, 0) is 12.1 Å². The van der Waals surface area contributed by atoms with Crippen molar-refractivity contribution in [3.63, 3.8) is 0 Å². The summed E-state index contributed by atoms with van der Waals surface area (Å²) in [5.74, 6) is -1.27. The molecule has 0 aliphatic carbocycles. The van der Waals surface area contributed by atoms with E-state index < -0.39 is 41.8 Å². The molecule has 0 unspecified atom stereocenters. The van der Waals surface area contributed by atoms with Crippen LogP contribution >= 0.6 is 12.4 Å². The number of nitrogens with zero attached hydrogens (tertiary/aromatic N) is 1. The molecule has 1 aliphatic rings. The summed E-state index contributed by atoms with van der Waals surface area (Å²) >= 11 is 0. The third-order valence-electron chi connectivity index (χ3n) is 3.71. The van der Waals surface area contributed by atoms with Crippen LogP contribution in [0.4, 0.5) is 30.7 Å².